The molecule has 1 N–H and O–H groups in total. The molecular weight excluding hydrogens is 296 g/mol. The second-order valence-electron chi connectivity index (χ2n) is 7.32. The molecule has 1 heterocycles. The van der Waals surface area contributed by atoms with Crippen LogP contribution in [0.1, 0.15) is 56.6 Å². The van der Waals surface area contributed by atoms with E-state index in [1.54, 1.807) is 7.05 Å². The van der Waals surface area contributed by atoms with Gasteiger partial charge in [-0.05, 0) is 54.7 Å². The molecule has 24 heavy (non-hydrogen) atoms. The third-order valence-electron chi connectivity index (χ3n) is 5.88. The number of carbonyl (C=O) groups excluding carboxylic acids is 1. The number of nitrogens with one attached hydrogen (secondary N) is 1. The fourth-order valence-electron chi connectivity index (χ4n) is 4.67. The van der Waals surface area contributed by atoms with Crippen molar-refractivity contribution in [2.24, 2.45) is 18.9 Å². The number of aromatic nitrogens is 1. The zero-order valence-corrected chi connectivity index (χ0v) is 15.4. The summed E-state index contributed by atoms with van der Waals surface area (Å²) in [5.41, 5.74) is 4.29. The molecule has 0 bridgehead atoms. The highest BCUT2D eigenvalue weighted by molar-refractivity contribution is 5.89. The first-order valence-corrected chi connectivity index (χ1v) is 9.39. The standard InChI is InChI=1S/C21H30N2O/c1-5-8-15-11-16-13-23(4)19-10-7-9-17(20(16)19)18(15)12-14(6-2)21(24)22-3/h7,9-10,13-15,18H,5-6,8,11-12H2,1-4H3,(H,22,24). The number of aryl methyl sites for hydroxylation is 1. The number of carbonyl (C=O) groups is 1. The van der Waals surface area contributed by atoms with Gasteiger partial charge in [-0.25, -0.2) is 0 Å². The van der Waals surface area contributed by atoms with E-state index in [9.17, 15) is 4.79 Å². The topological polar surface area (TPSA) is 34.0 Å². The van der Waals surface area contributed by atoms with Crippen LogP contribution in [-0.2, 0) is 18.3 Å². The van der Waals surface area contributed by atoms with E-state index in [4.69, 9.17) is 0 Å². The van der Waals surface area contributed by atoms with Crippen LogP contribution < -0.4 is 5.32 Å². The van der Waals surface area contributed by atoms with Crippen LogP contribution in [0.25, 0.3) is 10.9 Å². The van der Waals surface area contributed by atoms with Gasteiger partial charge in [0.25, 0.3) is 0 Å². The summed E-state index contributed by atoms with van der Waals surface area (Å²) in [5.74, 6) is 1.44. The Morgan fingerprint density at radius 2 is 2.17 bits per heavy atom. The van der Waals surface area contributed by atoms with Crippen molar-refractivity contribution >= 4 is 16.8 Å². The second kappa shape index (κ2) is 7.00. The summed E-state index contributed by atoms with van der Waals surface area (Å²) in [4.78, 5) is 12.3. The van der Waals surface area contributed by atoms with Gasteiger partial charge in [-0.15, -0.1) is 0 Å². The monoisotopic (exact) mass is 326 g/mol. The fourth-order valence-corrected chi connectivity index (χ4v) is 4.67. The van der Waals surface area contributed by atoms with Crippen molar-refractivity contribution in [3.8, 4) is 0 Å². The second-order valence-corrected chi connectivity index (χ2v) is 7.32. The summed E-state index contributed by atoms with van der Waals surface area (Å²) in [6.45, 7) is 4.40. The Morgan fingerprint density at radius 1 is 1.38 bits per heavy atom. The van der Waals surface area contributed by atoms with Crippen molar-refractivity contribution in [3.63, 3.8) is 0 Å². The van der Waals surface area contributed by atoms with Crippen molar-refractivity contribution in [1.29, 1.82) is 0 Å². The van der Waals surface area contributed by atoms with Crippen molar-refractivity contribution in [1.82, 2.24) is 9.88 Å². The van der Waals surface area contributed by atoms with Crippen LogP contribution in [0.4, 0.5) is 0 Å². The first kappa shape index (κ1) is 17.1. The quantitative estimate of drug-likeness (QED) is 0.839. The lowest BCUT2D eigenvalue weighted by molar-refractivity contribution is -0.125. The summed E-state index contributed by atoms with van der Waals surface area (Å²) in [5, 5.41) is 4.31. The SMILES string of the molecule is CCCC1Cc2cn(C)c3cccc(c23)C1CC(CC)C(=O)NC. The smallest absolute Gasteiger partial charge is 0.222 e. The van der Waals surface area contributed by atoms with Gasteiger partial charge in [0.1, 0.15) is 0 Å². The molecule has 0 radical (unpaired) electrons. The van der Waals surface area contributed by atoms with E-state index in [0.717, 1.165) is 19.3 Å². The molecule has 2 aromatic rings. The number of hydrogen-bond acceptors (Lipinski definition) is 1. The summed E-state index contributed by atoms with van der Waals surface area (Å²) in [7, 11) is 3.90. The molecule has 1 aromatic carbocycles. The van der Waals surface area contributed by atoms with Crippen molar-refractivity contribution in [2.45, 2.75) is 51.9 Å². The van der Waals surface area contributed by atoms with E-state index in [1.807, 2.05) is 0 Å². The molecule has 1 aliphatic carbocycles. The molecule has 3 rings (SSSR count). The van der Waals surface area contributed by atoms with Gasteiger partial charge in [0.05, 0.1) is 0 Å². The van der Waals surface area contributed by atoms with E-state index >= 15 is 0 Å². The Balaban J connectivity index is 2.04. The van der Waals surface area contributed by atoms with Gasteiger partial charge >= 0.3 is 0 Å². The van der Waals surface area contributed by atoms with Gasteiger partial charge in [-0.1, -0.05) is 32.4 Å². The van der Waals surface area contributed by atoms with Gasteiger partial charge in [-0.3, -0.25) is 4.79 Å². The van der Waals surface area contributed by atoms with Crippen LogP contribution in [-0.4, -0.2) is 17.5 Å². The minimum absolute atomic E-state index is 0.111. The lowest BCUT2D eigenvalue weighted by atomic mass is 9.70. The molecule has 0 saturated carbocycles. The van der Waals surface area contributed by atoms with E-state index in [0.29, 0.717) is 11.8 Å². The predicted octanol–water partition coefficient (Wildman–Crippen LogP) is 4.40. The van der Waals surface area contributed by atoms with E-state index in [1.165, 1.54) is 34.9 Å². The molecule has 0 aliphatic heterocycles. The van der Waals surface area contributed by atoms with Crippen LogP contribution in [0.3, 0.4) is 0 Å². The Labute approximate surface area is 145 Å². The first-order valence-electron chi connectivity index (χ1n) is 9.39. The molecule has 1 amide bonds. The zero-order chi connectivity index (χ0) is 17.3. The summed E-state index contributed by atoms with van der Waals surface area (Å²) >= 11 is 0. The van der Waals surface area contributed by atoms with Crippen LogP contribution in [0.2, 0.25) is 0 Å². The molecule has 0 saturated heterocycles. The molecule has 3 atom stereocenters. The number of amides is 1. The molecule has 0 spiro atoms. The molecular formula is C21H30N2O. The summed E-state index contributed by atoms with van der Waals surface area (Å²) in [6, 6.07) is 6.70. The maximum Gasteiger partial charge on any atom is 0.222 e. The number of hydrogen-bond donors (Lipinski definition) is 1. The van der Waals surface area contributed by atoms with Gasteiger partial charge in [0.15, 0.2) is 0 Å². The minimum atomic E-state index is 0.111. The molecule has 1 aliphatic rings. The number of benzene rings is 1. The normalized spacial score (nSPS) is 21.0. The number of rotatable bonds is 6. The largest absolute Gasteiger partial charge is 0.359 e. The van der Waals surface area contributed by atoms with Gasteiger partial charge in [-0.2, -0.15) is 0 Å². The highest BCUT2D eigenvalue weighted by Gasteiger charge is 2.33. The van der Waals surface area contributed by atoms with Gasteiger partial charge < -0.3 is 9.88 Å². The molecule has 3 unspecified atom stereocenters. The lowest BCUT2D eigenvalue weighted by Crippen LogP contribution is -2.31. The Morgan fingerprint density at radius 3 is 2.83 bits per heavy atom. The summed E-state index contributed by atoms with van der Waals surface area (Å²) < 4.78 is 2.26. The average molecular weight is 326 g/mol. The first-order chi connectivity index (χ1) is 11.6. The molecule has 3 heteroatoms. The fraction of sp³-hybridized carbons (Fsp3) is 0.571. The van der Waals surface area contributed by atoms with Gasteiger partial charge in [0, 0.05) is 37.1 Å². The molecule has 130 valence electrons. The molecule has 3 nitrogen and oxygen atoms in total. The third kappa shape index (κ3) is 2.85. The van der Waals surface area contributed by atoms with Gasteiger partial charge in [0.2, 0.25) is 5.91 Å². The predicted molar refractivity (Wildman–Crippen MR) is 100 cm³/mol. The molecule has 0 fully saturated rings. The van der Waals surface area contributed by atoms with Crippen molar-refractivity contribution in [3.05, 3.63) is 35.5 Å². The average Bonchev–Trinajstić information content (AvgIpc) is 2.91. The zero-order valence-electron chi connectivity index (χ0n) is 15.4. The molecule has 1 aromatic heterocycles. The van der Waals surface area contributed by atoms with Crippen molar-refractivity contribution < 1.29 is 4.79 Å². The maximum absolute atomic E-state index is 12.3. The van der Waals surface area contributed by atoms with Crippen LogP contribution in [0, 0.1) is 11.8 Å². The highest BCUT2D eigenvalue weighted by atomic mass is 16.1. The van der Waals surface area contributed by atoms with Crippen LogP contribution in [0.15, 0.2) is 24.4 Å². The van der Waals surface area contributed by atoms with E-state index in [-0.39, 0.29) is 11.8 Å². The maximum atomic E-state index is 12.3. The van der Waals surface area contributed by atoms with Crippen LogP contribution >= 0.6 is 0 Å². The Bertz CT molecular complexity index is 731. The lowest BCUT2D eigenvalue weighted by Gasteiger charge is -2.34. The van der Waals surface area contributed by atoms with Crippen molar-refractivity contribution in [2.75, 3.05) is 7.05 Å². The van der Waals surface area contributed by atoms with Crippen LogP contribution in [0.5, 0.6) is 0 Å². The van der Waals surface area contributed by atoms with E-state index < -0.39 is 0 Å². The third-order valence-corrected chi connectivity index (χ3v) is 5.88. The summed E-state index contributed by atoms with van der Waals surface area (Å²) in [6.07, 6.45) is 7.77. The Hall–Kier alpha value is -1.77. The minimum Gasteiger partial charge on any atom is -0.359 e. The number of nitrogens with zero attached hydrogens (tertiary/aromatic N) is 1. The Kier molecular flexibility index (Phi) is 4.98. The highest BCUT2D eigenvalue weighted by Crippen LogP contribution is 2.45. The van der Waals surface area contributed by atoms with E-state index in [2.05, 4.69) is 55.2 Å².